The van der Waals surface area contributed by atoms with E-state index < -0.39 is 16.6 Å². The number of aliphatic hydroxyl groups is 1. The van der Waals surface area contributed by atoms with E-state index in [2.05, 4.69) is 99.8 Å². The topological polar surface area (TPSA) is 47.9 Å². The first-order chi connectivity index (χ1) is 22.1. The fraction of sp³-hybridized carbons (Fsp3) is 0.860. The Bertz CT molecular complexity index is 1260. The van der Waals surface area contributed by atoms with Crippen LogP contribution in [0.5, 0.6) is 0 Å². The van der Waals surface area contributed by atoms with Gasteiger partial charge in [-0.1, -0.05) is 99.0 Å². The number of rotatable bonds is 9. The first-order valence-corrected chi connectivity index (χ1v) is 25.5. The van der Waals surface area contributed by atoms with Crippen molar-refractivity contribution in [2.45, 2.75) is 188 Å². The molecule has 0 aromatic rings. The van der Waals surface area contributed by atoms with Gasteiger partial charge in [-0.3, -0.25) is 0 Å². The maximum Gasteiger partial charge on any atom is 0.192 e. The molecule has 0 bridgehead atoms. The largest absolute Gasteiger partial charge is 0.505 e. The Kier molecular flexibility index (Phi) is 11.7. The quantitative estimate of drug-likeness (QED) is 0.147. The van der Waals surface area contributed by atoms with Crippen LogP contribution in [0.15, 0.2) is 35.6 Å². The van der Waals surface area contributed by atoms with Gasteiger partial charge < -0.3 is 18.7 Å². The zero-order valence-corrected chi connectivity index (χ0v) is 35.5. The minimum atomic E-state index is -1.72. The Labute approximate surface area is 305 Å². The zero-order valence-electron chi connectivity index (χ0n) is 33.5. The molecule has 6 heteroatoms. The molecule has 0 heterocycles. The molecule has 282 valence electrons. The predicted molar refractivity (Wildman–Crippen MR) is 214 cm³/mol. The first-order valence-electron chi connectivity index (χ1n) is 19.7. The summed E-state index contributed by atoms with van der Waals surface area (Å²) in [6, 6.07) is 0. The van der Waals surface area contributed by atoms with Crippen molar-refractivity contribution in [3.8, 4) is 0 Å². The molecule has 0 spiro atoms. The van der Waals surface area contributed by atoms with Gasteiger partial charge >= 0.3 is 0 Å². The Balaban J connectivity index is 0.000000217. The van der Waals surface area contributed by atoms with Crippen molar-refractivity contribution < 1.29 is 18.7 Å². The van der Waals surface area contributed by atoms with Gasteiger partial charge in [-0.2, -0.15) is 0 Å². The minimum absolute atomic E-state index is 0. The van der Waals surface area contributed by atoms with Crippen LogP contribution in [0.1, 0.15) is 140 Å². The van der Waals surface area contributed by atoms with Crippen LogP contribution in [0.2, 0.25) is 36.3 Å². The van der Waals surface area contributed by atoms with E-state index in [1.54, 1.807) is 18.3 Å². The minimum Gasteiger partial charge on any atom is -0.505 e. The SMILES string of the molecule is C.CC(C)(C)[Si](C)(C)O[C@H]1CCC[C@]2(C)C(C3(CO)CC3)=CCC12.COC=CC1(C2=CCC3[C@@H](O[Si](C)(C)C(C)(C)C)CCC[C@]23C)CC1. The lowest BCUT2D eigenvalue weighted by atomic mass is 9.62. The zero-order chi connectivity index (χ0) is 35.6. The molecular weight excluding hydrogens is 637 g/mol. The molecule has 0 saturated heterocycles. The van der Waals surface area contributed by atoms with E-state index in [0.717, 1.165) is 6.42 Å². The molecule has 4 nitrogen and oxygen atoms in total. The molecule has 6 rings (SSSR count). The number of methoxy groups -OCH3 is 1. The van der Waals surface area contributed by atoms with Gasteiger partial charge in [0.2, 0.25) is 0 Å². The van der Waals surface area contributed by atoms with E-state index >= 15 is 0 Å². The summed E-state index contributed by atoms with van der Waals surface area (Å²) in [5, 5.41) is 10.5. The summed E-state index contributed by atoms with van der Waals surface area (Å²) in [7, 11) is -1.68. The Morgan fingerprint density at radius 2 is 1.16 bits per heavy atom. The average Bonchev–Trinajstić information content (AvgIpc) is 3.88. The van der Waals surface area contributed by atoms with Crippen LogP contribution in [0, 0.1) is 33.5 Å². The Hall–Kier alpha value is -0.666. The normalized spacial score (nSPS) is 34.9. The molecule has 0 radical (unpaired) electrons. The highest BCUT2D eigenvalue weighted by Gasteiger charge is 2.59. The maximum atomic E-state index is 9.92. The second-order valence-electron chi connectivity index (χ2n) is 20.5. The highest BCUT2D eigenvalue weighted by Crippen LogP contribution is 2.67. The number of fused-ring (bicyclic) bond motifs is 2. The third-order valence-corrected chi connectivity index (χ3v) is 24.4. The fourth-order valence-electron chi connectivity index (χ4n) is 9.89. The maximum absolute atomic E-state index is 9.92. The molecule has 6 atom stereocenters. The predicted octanol–water partition coefficient (Wildman–Crippen LogP) is 12.4. The van der Waals surface area contributed by atoms with Crippen molar-refractivity contribution in [2.75, 3.05) is 13.7 Å². The lowest BCUT2D eigenvalue weighted by Crippen LogP contribution is -2.50. The van der Waals surface area contributed by atoms with Gasteiger partial charge in [0, 0.05) is 23.0 Å². The molecule has 0 aromatic heterocycles. The summed E-state index contributed by atoms with van der Waals surface area (Å²) in [6.07, 6.45) is 25.1. The van der Waals surface area contributed by atoms with E-state index in [4.69, 9.17) is 13.6 Å². The highest BCUT2D eigenvalue weighted by molar-refractivity contribution is 6.74. The van der Waals surface area contributed by atoms with Crippen LogP contribution in [0.3, 0.4) is 0 Å². The Morgan fingerprint density at radius 1 is 0.735 bits per heavy atom. The van der Waals surface area contributed by atoms with Crippen molar-refractivity contribution in [3.63, 3.8) is 0 Å². The van der Waals surface area contributed by atoms with Crippen LogP contribution in [0.25, 0.3) is 0 Å². The number of ether oxygens (including phenoxy) is 1. The number of allylic oxidation sites excluding steroid dienone is 4. The molecule has 6 aliphatic rings. The van der Waals surface area contributed by atoms with E-state index in [1.807, 2.05) is 6.26 Å². The van der Waals surface area contributed by atoms with Crippen molar-refractivity contribution in [3.05, 3.63) is 35.6 Å². The second-order valence-corrected chi connectivity index (χ2v) is 30.0. The lowest BCUT2D eigenvalue weighted by molar-refractivity contribution is 0.0127. The molecular formula is C43H78O4Si2. The van der Waals surface area contributed by atoms with Crippen LogP contribution in [0.4, 0.5) is 0 Å². The molecule has 1 N–H and O–H groups in total. The van der Waals surface area contributed by atoms with E-state index in [0.29, 0.717) is 41.5 Å². The molecule has 4 saturated carbocycles. The molecule has 0 amide bonds. The lowest BCUT2D eigenvalue weighted by Gasteiger charge is -2.49. The van der Waals surface area contributed by atoms with Crippen LogP contribution >= 0.6 is 0 Å². The molecule has 0 aliphatic heterocycles. The summed E-state index contributed by atoms with van der Waals surface area (Å²) >= 11 is 0. The van der Waals surface area contributed by atoms with Crippen molar-refractivity contribution in [1.29, 1.82) is 0 Å². The van der Waals surface area contributed by atoms with E-state index in [1.165, 1.54) is 70.6 Å². The van der Waals surface area contributed by atoms with Crippen LogP contribution in [-0.2, 0) is 13.6 Å². The van der Waals surface area contributed by atoms with Gasteiger partial charge in [-0.25, -0.2) is 0 Å². The number of aliphatic hydroxyl groups excluding tert-OH is 1. The standard InChI is InChI=1S/C22H38O2Si.C20H36O2Si.CH4/c1-20(2,3)25(6,7)24-18-9-8-12-21(4)17(18)10-11-19(21)22(13-14-22)15-16-23-5;1-18(2,3)23(5,6)22-16-8-7-11-19(4)15(16)9-10-17(19)20(14-21)12-13-20;/h11,15-18H,8-10,12-14H2,1-7H3;10,15-16,21H,7-9,11-14H2,1-6H3;1H4/t17?,18-,21-;15?,16-,19-;/m00./s1. The number of hydrogen-bond acceptors (Lipinski definition) is 4. The Morgan fingerprint density at radius 3 is 1.53 bits per heavy atom. The van der Waals surface area contributed by atoms with Crippen LogP contribution in [-0.4, -0.2) is 47.7 Å². The first kappa shape index (κ1) is 41.1. The van der Waals surface area contributed by atoms with Crippen LogP contribution < -0.4 is 0 Å². The second kappa shape index (κ2) is 14.0. The summed E-state index contributed by atoms with van der Waals surface area (Å²) < 4.78 is 19.1. The van der Waals surface area contributed by atoms with Crippen molar-refractivity contribution in [2.24, 2.45) is 33.5 Å². The average molecular weight is 715 g/mol. The monoisotopic (exact) mass is 715 g/mol. The number of hydrogen-bond donors (Lipinski definition) is 1. The molecule has 4 fully saturated rings. The van der Waals surface area contributed by atoms with E-state index in [9.17, 15) is 5.11 Å². The third kappa shape index (κ3) is 7.57. The third-order valence-electron chi connectivity index (χ3n) is 15.4. The molecule has 49 heavy (non-hydrogen) atoms. The van der Waals surface area contributed by atoms with Crippen molar-refractivity contribution >= 4 is 16.6 Å². The van der Waals surface area contributed by atoms with Gasteiger partial charge in [0.15, 0.2) is 16.6 Å². The highest BCUT2D eigenvalue weighted by atomic mass is 28.4. The summed E-state index contributed by atoms with van der Waals surface area (Å²) in [4.78, 5) is 0. The van der Waals surface area contributed by atoms with E-state index in [-0.39, 0.29) is 28.3 Å². The summed E-state index contributed by atoms with van der Waals surface area (Å²) in [5.41, 5.74) is 4.30. The van der Waals surface area contributed by atoms with Gasteiger partial charge in [0.1, 0.15) is 0 Å². The summed E-state index contributed by atoms with van der Waals surface area (Å²) in [5.74, 6) is 1.29. The molecule has 6 aliphatic carbocycles. The molecule has 2 unspecified atom stereocenters. The van der Waals surface area contributed by atoms with Gasteiger partial charge in [-0.05, 0) is 129 Å². The molecule has 0 aromatic carbocycles. The van der Waals surface area contributed by atoms with Crippen molar-refractivity contribution in [1.82, 2.24) is 0 Å². The van der Waals surface area contributed by atoms with Gasteiger partial charge in [0.25, 0.3) is 0 Å². The summed E-state index contributed by atoms with van der Waals surface area (Å²) in [6.45, 7) is 29.0. The van der Waals surface area contributed by atoms with Gasteiger partial charge in [-0.15, -0.1) is 0 Å². The fourth-order valence-corrected chi connectivity index (χ4v) is 12.7. The van der Waals surface area contributed by atoms with Gasteiger partial charge in [0.05, 0.1) is 20.0 Å². The smallest absolute Gasteiger partial charge is 0.192 e.